The summed E-state index contributed by atoms with van der Waals surface area (Å²) in [5, 5.41) is 8.85. The molecule has 0 bridgehead atoms. The van der Waals surface area contributed by atoms with E-state index in [0.29, 0.717) is 22.0 Å². The SMILES string of the molecule is CCC(CC(=O)O)N1C(=O)c2ccc(Br)cc2C1=O. The average Bonchev–Trinajstić information content (AvgIpc) is 2.59. The van der Waals surface area contributed by atoms with Gasteiger partial charge in [-0.15, -0.1) is 0 Å². The van der Waals surface area contributed by atoms with Gasteiger partial charge < -0.3 is 5.11 Å². The van der Waals surface area contributed by atoms with E-state index in [1.807, 2.05) is 0 Å². The Bertz CT molecular complexity index is 570. The topological polar surface area (TPSA) is 74.7 Å². The summed E-state index contributed by atoms with van der Waals surface area (Å²) in [4.78, 5) is 36.3. The van der Waals surface area contributed by atoms with E-state index in [1.54, 1.807) is 25.1 Å². The molecule has 1 aromatic carbocycles. The quantitative estimate of drug-likeness (QED) is 0.862. The van der Waals surface area contributed by atoms with Crippen LogP contribution in [0.1, 0.15) is 40.5 Å². The van der Waals surface area contributed by atoms with Crippen molar-refractivity contribution in [3.8, 4) is 0 Å². The van der Waals surface area contributed by atoms with Gasteiger partial charge in [-0.3, -0.25) is 19.3 Å². The number of nitrogens with zero attached hydrogens (tertiary/aromatic N) is 1. The molecule has 0 aliphatic carbocycles. The third-order valence-electron chi connectivity index (χ3n) is 3.13. The molecule has 1 aliphatic heterocycles. The van der Waals surface area contributed by atoms with Gasteiger partial charge in [-0.05, 0) is 24.6 Å². The molecule has 0 radical (unpaired) electrons. The number of hydrogen-bond donors (Lipinski definition) is 1. The maximum absolute atomic E-state index is 12.2. The van der Waals surface area contributed by atoms with Gasteiger partial charge in [-0.2, -0.15) is 0 Å². The lowest BCUT2D eigenvalue weighted by Crippen LogP contribution is -2.40. The molecular weight excluding hydrogens is 314 g/mol. The van der Waals surface area contributed by atoms with Crippen LogP contribution in [0.2, 0.25) is 0 Å². The zero-order chi connectivity index (χ0) is 14.2. The van der Waals surface area contributed by atoms with Crippen molar-refractivity contribution in [3.63, 3.8) is 0 Å². The number of amides is 2. The monoisotopic (exact) mass is 325 g/mol. The summed E-state index contributed by atoms with van der Waals surface area (Å²) in [6.07, 6.45) is 0.183. The van der Waals surface area contributed by atoms with E-state index in [-0.39, 0.29) is 6.42 Å². The Balaban J connectivity index is 2.38. The Kier molecular flexibility index (Phi) is 3.71. The van der Waals surface area contributed by atoms with Gasteiger partial charge in [0.1, 0.15) is 0 Å². The Morgan fingerprint density at radius 2 is 1.95 bits per heavy atom. The second kappa shape index (κ2) is 5.13. The zero-order valence-corrected chi connectivity index (χ0v) is 11.8. The fraction of sp³-hybridized carbons (Fsp3) is 0.308. The molecule has 1 N–H and O–H groups in total. The van der Waals surface area contributed by atoms with E-state index in [9.17, 15) is 14.4 Å². The van der Waals surface area contributed by atoms with Crippen LogP contribution in [-0.4, -0.2) is 33.8 Å². The third-order valence-corrected chi connectivity index (χ3v) is 3.62. The fourth-order valence-electron chi connectivity index (χ4n) is 2.18. The summed E-state index contributed by atoms with van der Waals surface area (Å²) in [5.41, 5.74) is 0.653. The highest BCUT2D eigenvalue weighted by atomic mass is 79.9. The molecule has 0 saturated heterocycles. The molecule has 5 nitrogen and oxygen atoms in total. The smallest absolute Gasteiger partial charge is 0.305 e. The highest BCUT2D eigenvalue weighted by molar-refractivity contribution is 9.10. The molecule has 0 aromatic heterocycles. The lowest BCUT2D eigenvalue weighted by molar-refractivity contribution is -0.137. The minimum absolute atomic E-state index is 0.233. The second-order valence-corrected chi connectivity index (χ2v) is 5.25. The van der Waals surface area contributed by atoms with Crippen LogP contribution < -0.4 is 0 Å². The van der Waals surface area contributed by atoms with Crippen LogP contribution in [0, 0.1) is 0 Å². The number of benzene rings is 1. The third kappa shape index (κ3) is 2.40. The van der Waals surface area contributed by atoms with Crippen molar-refractivity contribution < 1.29 is 19.5 Å². The maximum Gasteiger partial charge on any atom is 0.305 e. The highest BCUT2D eigenvalue weighted by Crippen LogP contribution is 2.29. The van der Waals surface area contributed by atoms with E-state index in [4.69, 9.17) is 5.11 Å². The number of hydrogen-bond acceptors (Lipinski definition) is 3. The largest absolute Gasteiger partial charge is 0.481 e. The average molecular weight is 326 g/mol. The fourth-order valence-corrected chi connectivity index (χ4v) is 2.54. The summed E-state index contributed by atoms with van der Waals surface area (Å²) in [7, 11) is 0. The Hall–Kier alpha value is -1.69. The Morgan fingerprint density at radius 3 is 2.53 bits per heavy atom. The van der Waals surface area contributed by atoms with Gasteiger partial charge in [-0.25, -0.2) is 0 Å². The van der Waals surface area contributed by atoms with Gasteiger partial charge in [0, 0.05) is 4.47 Å². The van der Waals surface area contributed by atoms with Crippen molar-refractivity contribution in [2.24, 2.45) is 0 Å². The molecule has 1 aromatic rings. The van der Waals surface area contributed by atoms with Gasteiger partial charge in [0.05, 0.1) is 23.6 Å². The normalized spacial score (nSPS) is 15.6. The van der Waals surface area contributed by atoms with Crippen molar-refractivity contribution in [2.75, 3.05) is 0 Å². The van der Waals surface area contributed by atoms with E-state index in [1.165, 1.54) is 0 Å². The summed E-state index contributed by atoms with van der Waals surface area (Å²) >= 11 is 3.25. The maximum atomic E-state index is 12.2. The van der Waals surface area contributed by atoms with E-state index >= 15 is 0 Å². The van der Waals surface area contributed by atoms with Gasteiger partial charge in [0.15, 0.2) is 0 Å². The van der Waals surface area contributed by atoms with Crippen LogP contribution in [0.15, 0.2) is 22.7 Å². The minimum atomic E-state index is -1.02. The van der Waals surface area contributed by atoms with Crippen molar-refractivity contribution in [3.05, 3.63) is 33.8 Å². The van der Waals surface area contributed by atoms with Crippen LogP contribution in [0.3, 0.4) is 0 Å². The minimum Gasteiger partial charge on any atom is -0.481 e. The lowest BCUT2D eigenvalue weighted by Gasteiger charge is -2.23. The molecular formula is C13H12BrNO4. The molecule has 6 heteroatoms. The highest BCUT2D eigenvalue weighted by Gasteiger charge is 2.39. The zero-order valence-electron chi connectivity index (χ0n) is 10.2. The molecule has 0 saturated carbocycles. The van der Waals surface area contributed by atoms with Gasteiger partial charge in [0.25, 0.3) is 11.8 Å². The first-order valence-electron chi connectivity index (χ1n) is 5.85. The number of carboxylic acid groups (broad SMARTS) is 1. The number of aliphatic carboxylic acids is 1. The van der Waals surface area contributed by atoms with Crippen LogP contribution >= 0.6 is 15.9 Å². The van der Waals surface area contributed by atoms with Crippen LogP contribution in [0.25, 0.3) is 0 Å². The Labute approximate surface area is 118 Å². The van der Waals surface area contributed by atoms with Crippen LogP contribution in [-0.2, 0) is 4.79 Å². The number of carboxylic acids is 1. The molecule has 2 amide bonds. The number of carbonyl (C=O) groups excluding carboxylic acids is 2. The predicted octanol–water partition coefficient (Wildman–Crippen LogP) is 2.30. The number of halogens is 1. The van der Waals surface area contributed by atoms with E-state index in [2.05, 4.69) is 15.9 Å². The van der Waals surface area contributed by atoms with Gasteiger partial charge in [0.2, 0.25) is 0 Å². The van der Waals surface area contributed by atoms with Crippen molar-refractivity contribution >= 4 is 33.7 Å². The summed E-state index contributed by atoms with van der Waals surface area (Å²) in [6.45, 7) is 1.76. The Morgan fingerprint density at radius 1 is 1.32 bits per heavy atom. The number of fused-ring (bicyclic) bond motifs is 1. The molecule has 1 unspecified atom stereocenters. The molecule has 0 spiro atoms. The number of rotatable bonds is 4. The standard InChI is InChI=1S/C13H12BrNO4/c1-2-8(6-11(16)17)15-12(18)9-4-3-7(14)5-10(9)13(15)19/h3-5,8H,2,6H2,1H3,(H,16,17). The van der Waals surface area contributed by atoms with Crippen LogP contribution in [0.5, 0.6) is 0 Å². The summed E-state index contributed by atoms with van der Waals surface area (Å²) in [5.74, 6) is -1.86. The second-order valence-electron chi connectivity index (χ2n) is 4.33. The first-order chi connectivity index (χ1) is 8.95. The molecule has 0 fully saturated rings. The van der Waals surface area contributed by atoms with Crippen molar-refractivity contribution in [2.45, 2.75) is 25.8 Å². The lowest BCUT2D eigenvalue weighted by atomic mass is 10.1. The van der Waals surface area contributed by atoms with Gasteiger partial charge in [-0.1, -0.05) is 22.9 Å². The molecule has 1 heterocycles. The number of imide groups is 1. The van der Waals surface area contributed by atoms with E-state index in [0.717, 1.165) is 4.90 Å². The molecule has 1 aliphatic rings. The molecule has 100 valence electrons. The van der Waals surface area contributed by atoms with Crippen molar-refractivity contribution in [1.82, 2.24) is 4.90 Å². The first-order valence-corrected chi connectivity index (χ1v) is 6.64. The molecule has 19 heavy (non-hydrogen) atoms. The molecule has 1 atom stereocenters. The summed E-state index contributed by atoms with van der Waals surface area (Å²) < 4.78 is 0.709. The van der Waals surface area contributed by atoms with Crippen molar-refractivity contribution in [1.29, 1.82) is 0 Å². The van der Waals surface area contributed by atoms with E-state index < -0.39 is 23.8 Å². The number of carbonyl (C=O) groups is 3. The summed E-state index contributed by atoms with van der Waals surface area (Å²) in [6, 6.07) is 4.24. The first kappa shape index (κ1) is 13.7. The van der Waals surface area contributed by atoms with Gasteiger partial charge >= 0.3 is 5.97 Å². The van der Waals surface area contributed by atoms with Crippen LogP contribution in [0.4, 0.5) is 0 Å². The molecule has 2 rings (SSSR count). The predicted molar refractivity (Wildman–Crippen MR) is 71.0 cm³/mol.